The fourth-order valence-corrected chi connectivity index (χ4v) is 1.90. The van der Waals surface area contributed by atoms with Crippen LogP contribution >= 0.6 is 0 Å². The van der Waals surface area contributed by atoms with Crippen molar-refractivity contribution >= 4 is 5.69 Å². The van der Waals surface area contributed by atoms with Crippen LogP contribution in [0.15, 0.2) is 47.1 Å². The fourth-order valence-electron chi connectivity index (χ4n) is 1.90. The summed E-state index contributed by atoms with van der Waals surface area (Å²) < 4.78 is 5.10. The second-order valence-electron chi connectivity index (χ2n) is 4.51. The zero-order valence-corrected chi connectivity index (χ0v) is 11.0. The van der Waals surface area contributed by atoms with Crippen molar-refractivity contribution in [3.8, 4) is 0 Å². The third kappa shape index (κ3) is 3.43. The largest absolute Gasteiger partial charge is 0.467 e. The van der Waals surface area contributed by atoms with E-state index < -0.39 is 11.0 Å². The quantitative estimate of drug-likeness (QED) is 0.625. The van der Waals surface area contributed by atoms with Crippen LogP contribution < -0.4 is 5.32 Å². The Hall–Kier alpha value is -2.18. The molecule has 0 amide bonds. The summed E-state index contributed by atoms with van der Waals surface area (Å²) in [6.45, 7) is 2.19. The van der Waals surface area contributed by atoms with E-state index in [1.165, 1.54) is 18.4 Å². The number of nitro benzene ring substituents is 1. The van der Waals surface area contributed by atoms with Crippen LogP contribution in [0.2, 0.25) is 0 Å². The predicted octanol–water partition coefficient (Wildman–Crippen LogP) is 2.57. The van der Waals surface area contributed by atoms with Crippen LogP contribution in [0.3, 0.4) is 0 Å². The number of aliphatic hydroxyl groups is 1. The fraction of sp³-hybridized carbons (Fsp3) is 0.286. The van der Waals surface area contributed by atoms with Gasteiger partial charge in [0.1, 0.15) is 11.9 Å². The van der Waals surface area contributed by atoms with Gasteiger partial charge in [-0.25, -0.2) is 0 Å². The molecular formula is C14H16N2O4. The SMILES string of the molecule is CC(NCC(O)c1ccco1)c1cccc([N+](=O)[O-])c1. The molecule has 2 atom stereocenters. The van der Waals surface area contributed by atoms with Crippen LogP contribution in [-0.4, -0.2) is 16.6 Å². The Balaban J connectivity index is 1.96. The second kappa shape index (κ2) is 6.31. The Morgan fingerprint density at radius 3 is 2.85 bits per heavy atom. The van der Waals surface area contributed by atoms with Crippen molar-refractivity contribution in [1.29, 1.82) is 0 Å². The van der Waals surface area contributed by atoms with Gasteiger partial charge in [-0.3, -0.25) is 10.1 Å². The molecular weight excluding hydrogens is 260 g/mol. The molecule has 2 rings (SSSR count). The molecule has 106 valence electrons. The van der Waals surface area contributed by atoms with Gasteiger partial charge in [0.05, 0.1) is 11.2 Å². The lowest BCUT2D eigenvalue weighted by Crippen LogP contribution is -2.24. The molecule has 0 saturated carbocycles. The Bertz CT molecular complexity index is 568. The number of nitrogens with zero attached hydrogens (tertiary/aromatic N) is 1. The van der Waals surface area contributed by atoms with Gasteiger partial charge in [-0.15, -0.1) is 0 Å². The van der Waals surface area contributed by atoms with Gasteiger partial charge in [0.15, 0.2) is 0 Å². The summed E-state index contributed by atoms with van der Waals surface area (Å²) in [5, 5.41) is 23.7. The van der Waals surface area contributed by atoms with Crippen molar-refractivity contribution in [2.75, 3.05) is 6.54 Å². The smallest absolute Gasteiger partial charge is 0.269 e. The predicted molar refractivity (Wildman–Crippen MR) is 73.2 cm³/mol. The van der Waals surface area contributed by atoms with E-state index in [4.69, 9.17) is 4.42 Å². The summed E-state index contributed by atoms with van der Waals surface area (Å²) >= 11 is 0. The van der Waals surface area contributed by atoms with Crippen LogP contribution in [-0.2, 0) is 0 Å². The molecule has 1 heterocycles. The molecule has 0 aliphatic carbocycles. The number of rotatable bonds is 6. The molecule has 0 radical (unpaired) electrons. The Morgan fingerprint density at radius 2 is 2.20 bits per heavy atom. The lowest BCUT2D eigenvalue weighted by molar-refractivity contribution is -0.384. The first-order valence-electron chi connectivity index (χ1n) is 6.27. The second-order valence-corrected chi connectivity index (χ2v) is 4.51. The molecule has 0 spiro atoms. The van der Waals surface area contributed by atoms with Crippen LogP contribution in [0.4, 0.5) is 5.69 Å². The highest BCUT2D eigenvalue weighted by Gasteiger charge is 2.14. The summed E-state index contributed by atoms with van der Waals surface area (Å²) in [5.74, 6) is 0.490. The number of hydrogen-bond donors (Lipinski definition) is 2. The van der Waals surface area contributed by atoms with Gasteiger partial charge in [-0.2, -0.15) is 0 Å². The number of nitrogens with one attached hydrogen (secondary N) is 1. The Morgan fingerprint density at radius 1 is 1.40 bits per heavy atom. The topological polar surface area (TPSA) is 88.5 Å². The first-order chi connectivity index (χ1) is 9.58. The molecule has 2 N–H and O–H groups in total. The number of furan rings is 1. The third-order valence-corrected chi connectivity index (χ3v) is 3.07. The van der Waals surface area contributed by atoms with Crippen molar-refractivity contribution in [3.63, 3.8) is 0 Å². The molecule has 6 nitrogen and oxygen atoms in total. The monoisotopic (exact) mass is 276 g/mol. The van der Waals surface area contributed by atoms with Gasteiger partial charge in [0, 0.05) is 24.7 Å². The molecule has 1 aromatic heterocycles. The van der Waals surface area contributed by atoms with Crippen LogP contribution in [0.25, 0.3) is 0 Å². The molecule has 1 aromatic carbocycles. The highest BCUT2D eigenvalue weighted by atomic mass is 16.6. The van der Waals surface area contributed by atoms with E-state index in [1.807, 2.05) is 13.0 Å². The van der Waals surface area contributed by atoms with Crippen molar-refractivity contribution in [3.05, 3.63) is 64.1 Å². The summed E-state index contributed by atoms with van der Waals surface area (Å²) in [5.41, 5.74) is 0.855. The van der Waals surface area contributed by atoms with E-state index in [1.54, 1.807) is 18.2 Å². The number of non-ortho nitro benzene ring substituents is 1. The van der Waals surface area contributed by atoms with Gasteiger partial charge in [-0.05, 0) is 24.6 Å². The van der Waals surface area contributed by atoms with E-state index in [9.17, 15) is 15.2 Å². The average molecular weight is 276 g/mol. The first-order valence-corrected chi connectivity index (χ1v) is 6.27. The highest BCUT2D eigenvalue weighted by Crippen LogP contribution is 2.20. The zero-order valence-electron chi connectivity index (χ0n) is 11.0. The normalized spacial score (nSPS) is 13.9. The molecule has 0 saturated heterocycles. The maximum Gasteiger partial charge on any atom is 0.269 e. The number of benzene rings is 1. The van der Waals surface area contributed by atoms with Gasteiger partial charge >= 0.3 is 0 Å². The minimum absolute atomic E-state index is 0.0581. The maximum absolute atomic E-state index is 10.7. The van der Waals surface area contributed by atoms with Gasteiger partial charge in [0.25, 0.3) is 5.69 Å². The lowest BCUT2D eigenvalue weighted by Gasteiger charge is -2.16. The number of hydrogen-bond acceptors (Lipinski definition) is 5. The average Bonchev–Trinajstić information content (AvgIpc) is 2.98. The van der Waals surface area contributed by atoms with Crippen molar-refractivity contribution in [1.82, 2.24) is 5.32 Å². The van der Waals surface area contributed by atoms with Crippen molar-refractivity contribution in [2.24, 2.45) is 0 Å². The molecule has 2 unspecified atom stereocenters. The van der Waals surface area contributed by atoms with E-state index in [2.05, 4.69) is 5.32 Å². The standard InChI is InChI=1S/C14H16N2O4/c1-10(11-4-2-5-12(8-11)16(18)19)15-9-13(17)14-6-3-7-20-14/h2-8,10,13,15,17H,9H2,1H3. The summed E-state index contributed by atoms with van der Waals surface area (Å²) in [4.78, 5) is 10.3. The minimum atomic E-state index is -0.744. The lowest BCUT2D eigenvalue weighted by atomic mass is 10.1. The summed E-state index contributed by atoms with van der Waals surface area (Å²) in [7, 11) is 0. The maximum atomic E-state index is 10.7. The zero-order chi connectivity index (χ0) is 14.5. The van der Waals surface area contributed by atoms with Crippen LogP contribution in [0, 0.1) is 10.1 Å². The minimum Gasteiger partial charge on any atom is -0.467 e. The van der Waals surface area contributed by atoms with Crippen LogP contribution in [0.5, 0.6) is 0 Å². The highest BCUT2D eigenvalue weighted by molar-refractivity contribution is 5.35. The van der Waals surface area contributed by atoms with Gasteiger partial charge in [0.2, 0.25) is 0 Å². The Kier molecular flexibility index (Phi) is 4.49. The van der Waals surface area contributed by atoms with E-state index in [0.29, 0.717) is 12.3 Å². The van der Waals surface area contributed by atoms with Gasteiger partial charge in [-0.1, -0.05) is 12.1 Å². The molecule has 0 aliphatic rings. The molecule has 2 aromatic rings. The molecule has 20 heavy (non-hydrogen) atoms. The van der Waals surface area contributed by atoms with Crippen molar-refractivity contribution < 1.29 is 14.4 Å². The number of nitro groups is 1. The van der Waals surface area contributed by atoms with Crippen molar-refractivity contribution in [2.45, 2.75) is 19.1 Å². The molecule has 0 fully saturated rings. The van der Waals surface area contributed by atoms with E-state index in [-0.39, 0.29) is 11.7 Å². The summed E-state index contributed by atoms with van der Waals surface area (Å²) in [6.07, 6.45) is 0.758. The van der Waals surface area contributed by atoms with E-state index >= 15 is 0 Å². The van der Waals surface area contributed by atoms with E-state index in [0.717, 1.165) is 5.56 Å². The van der Waals surface area contributed by atoms with Crippen LogP contribution in [0.1, 0.15) is 30.4 Å². The first kappa shape index (κ1) is 14.2. The number of aliphatic hydroxyl groups excluding tert-OH is 1. The molecule has 0 aliphatic heterocycles. The molecule has 0 bridgehead atoms. The molecule has 6 heteroatoms. The van der Waals surface area contributed by atoms with Gasteiger partial charge < -0.3 is 14.8 Å². The summed E-state index contributed by atoms with van der Waals surface area (Å²) in [6, 6.07) is 9.73. The Labute approximate surface area is 116 Å². The third-order valence-electron chi connectivity index (χ3n) is 3.07.